The number of nitrogens with zero attached hydrogens (tertiary/aromatic N) is 2. The van der Waals surface area contributed by atoms with Gasteiger partial charge in [0.15, 0.2) is 0 Å². The van der Waals surface area contributed by atoms with Gasteiger partial charge in [0.25, 0.3) is 5.91 Å². The highest BCUT2D eigenvalue weighted by Gasteiger charge is 2.07. The van der Waals surface area contributed by atoms with Gasteiger partial charge in [0, 0.05) is 13.1 Å². The van der Waals surface area contributed by atoms with Gasteiger partial charge in [-0.2, -0.15) is 0 Å². The molecule has 108 valence electrons. The zero-order valence-electron chi connectivity index (χ0n) is 12.0. The SMILES string of the molecule is C=CCNc1cnc(C(=O)NCc2ccc(C)cc2)cn1. The third kappa shape index (κ3) is 4.42. The van der Waals surface area contributed by atoms with Gasteiger partial charge in [0.1, 0.15) is 11.5 Å². The van der Waals surface area contributed by atoms with Gasteiger partial charge in [0.2, 0.25) is 0 Å². The van der Waals surface area contributed by atoms with Crippen molar-refractivity contribution in [2.24, 2.45) is 0 Å². The van der Waals surface area contributed by atoms with Crippen molar-refractivity contribution in [3.05, 3.63) is 66.1 Å². The number of anilines is 1. The number of aromatic nitrogens is 2. The number of rotatable bonds is 6. The van der Waals surface area contributed by atoms with E-state index in [0.29, 0.717) is 24.6 Å². The van der Waals surface area contributed by atoms with Crippen molar-refractivity contribution in [2.45, 2.75) is 13.5 Å². The maximum Gasteiger partial charge on any atom is 0.271 e. The molecule has 2 rings (SSSR count). The van der Waals surface area contributed by atoms with Crippen molar-refractivity contribution in [2.75, 3.05) is 11.9 Å². The van der Waals surface area contributed by atoms with Gasteiger partial charge >= 0.3 is 0 Å². The summed E-state index contributed by atoms with van der Waals surface area (Å²) >= 11 is 0. The van der Waals surface area contributed by atoms with E-state index in [1.54, 1.807) is 6.08 Å². The molecule has 2 N–H and O–H groups in total. The topological polar surface area (TPSA) is 66.9 Å². The molecule has 5 heteroatoms. The summed E-state index contributed by atoms with van der Waals surface area (Å²) in [7, 11) is 0. The number of nitrogens with one attached hydrogen (secondary N) is 2. The van der Waals surface area contributed by atoms with Crippen molar-refractivity contribution >= 4 is 11.7 Å². The van der Waals surface area contributed by atoms with Crippen LogP contribution in [0.3, 0.4) is 0 Å². The molecule has 0 aliphatic carbocycles. The molecule has 0 saturated carbocycles. The highest BCUT2D eigenvalue weighted by molar-refractivity contribution is 5.91. The Morgan fingerprint density at radius 2 is 2.00 bits per heavy atom. The summed E-state index contributed by atoms with van der Waals surface area (Å²) in [5.74, 6) is 0.378. The van der Waals surface area contributed by atoms with Crippen LogP contribution in [0.1, 0.15) is 21.6 Å². The lowest BCUT2D eigenvalue weighted by atomic mass is 10.1. The van der Waals surface area contributed by atoms with Crippen LogP contribution in [0, 0.1) is 6.92 Å². The first-order valence-corrected chi connectivity index (χ1v) is 6.69. The third-order valence-electron chi connectivity index (χ3n) is 2.89. The summed E-state index contributed by atoms with van der Waals surface area (Å²) in [4.78, 5) is 20.2. The van der Waals surface area contributed by atoms with Crippen LogP contribution in [0.5, 0.6) is 0 Å². The van der Waals surface area contributed by atoms with E-state index in [2.05, 4.69) is 27.2 Å². The van der Waals surface area contributed by atoms with E-state index in [1.807, 2.05) is 31.2 Å². The number of hydrogen-bond donors (Lipinski definition) is 2. The Labute approximate surface area is 124 Å². The Morgan fingerprint density at radius 3 is 2.62 bits per heavy atom. The first-order chi connectivity index (χ1) is 10.2. The fraction of sp³-hybridized carbons (Fsp3) is 0.188. The van der Waals surface area contributed by atoms with Crippen LogP contribution < -0.4 is 10.6 Å². The fourth-order valence-corrected chi connectivity index (χ4v) is 1.69. The second kappa shape index (κ2) is 7.19. The molecule has 0 atom stereocenters. The molecule has 1 amide bonds. The second-order valence-corrected chi connectivity index (χ2v) is 4.62. The normalized spacial score (nSPS) is 9.95. The highest BCUT2D eigenvalue weighted by atomic mass is 16.1. The second-order valence-electron chi connectivity index (χ2n) is 4.62. The molecule has 0 spiro atoms. The highest BCUT2D eigenvalue weighted by Crippen LogP contribution is 2.04. The van der Waals surface area contributed by atoms with E-state index >= 15 is 0 Å². The molecule has 2 aromatic rings. The number of aryl methyl sites for hydroxylation is 1. The van der Waals surface area contributed by atoms with Crippen molar-refractivity contribution < 1.29 is 4.79 Å². The molecule has 5 nitrogen and oxygen atoms in total. The Bertz CT molecular complexity index is 605. The summed E-state index contributed by atoms with van der Waals surface area (Å²) in [5, 5.41) is 5.82. The van der Waals surface area contributed by atoms with E-state index < -0.39 is 0 Å². The number of hydrogen-bond acceptors (Lipinski definition) is 4. The molecule has 0 radical (unpaired) electrons. The predicted molar refractivity (Wildman–Crippen MR) is 83.1 cm³/mol. The zero-order chi connectivity index (χ0) is 15.1. The summed E-state index contributed by atoms with van der Waals surface area (Å²) in [6.07, 6.45) is 4.71. The van der Waals surface area contributed by atoms with Crippen LogP contribution in [-0.2, 0) is 6.54 Å². The lowest BCUT2D eigenvalue weighted by Gasteiger charge is -2.06. The van der Waals surface area contributed by atoms with Gasteiger partial charge in [-0.05, 0) is 12.5 Å². The fourth-order valence-electron chi connectivity index (χ4n) is 1.69. The van der Waals surface area contributed by atoms with E-state index in [1.165, 1.54) is 18.0 Å². The van der Waals surface area contributed by atoms with Gasteiger partial charge in [0.05, 0.1) is 12.4 Å². The molecule has 0 bridgehead atoms. The maximum absolute atomic E-state index is 12.0. The van der Waals surface area contributed by atoms with Gasteiger partial charge in [-0.25, -0.2) is 9.97 Å². The largest absolute Gasteiger partial charge is 0.365 e. The molecule has 0 fully saturated rings. The van der Waals surface area contributed by atoms with Gasteiger partial charge in [-0.1, -0.05) is 35.9 Å². The summed E-state index contributed by atoms with van der Waals surface area (Å²) in [5.41, 5.74) is 2.54. The van der Waals surface area contributed by atoms with Crippen molar-refractivity contribution in [3.63, 3.8) is 0 Å². The molecule has 1 aromatic carbocycles. The van der Waals surface area contributed by atoms with Crippen LogP contribution in [-0.4, -0.2) is 22.4 Å². The first kappa shape index (κ1) is 14.7. The molecular formula is C16H18N4O. The quantitative estimate of drug-likeness (QED) is 0.798. The lowest BCUT2D eigenvalue weighted by Crippen LogP contribution is -2.24. The maximum atomic E-state index is 12.0. The standard InChI is InChI=1S/C16H18N4O/c1-3-8-17-15-11-18-14(10-19-15)16(21)20-9-13-6-4-12(2)5-7-13/h3-7,10-11H,1,8-9H2,2H3,(H,17,19)(H,20,21). The molecular weight excluding hydrogens is 264 g/mol. The monoisotopic (exact) mass is 282 g/mol. The molecule has 21 heavy (non-hydrogen) atoms. The number of benzene rings is 1. The molecule has 0 aliphatic rings. The van der Waals surface area contributed by atoms with Crippen molar-refractivity contribution in [1.29, 1.82) is 0 Å². The number of carbonyl (C=O) groups excluding carboxylic acids is 1. The van der Waals surface area contributed by atoms with E-state index in [0.717, 1.165) is 5.56 Å². The minimum atomic E-state index is -0.238. The van der Waals surface area contributed by atoms with Gasteiger partial charge < -0.3 is 10.6 Å². The molecule has 0 aliphatic heterocycles. The average molecular weight is 282 g/mol. The zero-order valence-corrected chi connectivity index (χ0v) is 12.0. The van der Waals surface area contributed by atoms with Crippen LogP contribution in [0.4, 0.5) is 5.82 Å². The molecule has 1 aromatic heterocycles. The van der Waals surface area contributed by atoms with Crippen LogP contribution in [0.15, 0.2) is 49.3 Å². The Balaban J connectivity index is 1.90. The minimum Gasteiger partial charge on any atom is -0.365 e. The van der Waals surface area contributed by atoms with Crippen LogP contribution >= 0.6 is 0 Å². The molecule has 0 saturated heterocycles. The van der Waals surface area contributed by atoms with Crippen LogP contribution in [0.2, 0.25) is 0 Å². The summed E-state index contributed by atoms with van der Waals surface area (Å²) in [6.45, 7) is 6.71. The smallest absolute Gasteiger partial charge is 0.271 e. The number of carbonyl (C=O) groups is 1. The van der Waals surface area contributed by atoms with Crippen molar-refractivity contribution in [1.82, 2.24) is 15.3 Å². The van der Waals surface area contributed by atoms with Crippen molar-refractivity contribution in [3.8, 4) is 0 Å². The molecule has 0 unspecified atom stereocenters. The van der Waals surface area contributed by atoms with E-state index in [9.17, 15) is 4.79 Å². The van der Waals surface area contributed by atoms with Crippen LogP contribution in [0.25, 0.3) is 0 Å². The Kier molecular flexibility index (Phi) is 5.04. The predicted octanol–water partition coefficient (Wildman–Crippen LogP) is 2.31. The minimum absolute atomic E-state index is 0.238. The van der Waals surface area contributed by atoms with Gasteiger partial charge in [-0.3, -0.25) is 4.79 Å². The Hall–Kier alpha value is -2.69. The third-order valence-corrected chi connectivity index (χ3v) is 2.89. The first-order valence-electron chi connectivity index (χ1n) is 6.69. The van der Waals surface area contributed by atoms with E-state index in [4.69, 9.17) is 0 Å². The molecule has 1 heterocycles. The lowest BCUT2D eigenvalue weighted by molar-refractivity contribution is 0.0945. The van der Waals surface area contributed by atoms with Gasteiger partial charge in [-0.15, -0.1) is 6.58 Å². The summed E-state index contributed by atoms with van der Waals surface area (Å²) in [6, 6.07) is 8.01. The Morgan fingerprint density at radius 1 is 1.24 bits per heavy atom. The summed E-state index contributed by atoms with van der Waals surface area (Å²) < 4.78 is 0. The van der Waals surface area contributed by atoms with E-state index in [-0.39, 0.29) is 5.91 Å². The number of amides is 1. The average Bonchev–Trinajstić information content (AvgIpc) is 2.52.